The summed E-state index contributed by atoms with van der Waals surface area (Å²) in [5, 5.41) is 4.00. The first kappa shape index (κ1) is 24.4. The van der Waals surface area contributed by atoms with Gasteiger partial charge in [-0.3, -0.25) is 0 Å². The molecule has 2 atom stereocenters. The standard InChI is InChI=1S/C26H29F3N4O3/c1-13(15-7-16(26(27,28)29)9-17(30)8-15)31-24-19-10-21(35-18-5-6-34-12-18)23-20(11-25(3,4)36-23)22(19)32-14(2)33-24/h7-10,13,18H,5-6,11-12,30H2,1-4H3,(H,31,32,33)/t13-,18+/m1/s1. The number of nitrogens with two attached hydrogens (primary N) is 1. The van der Waals surface area contributed by atoms with Crippen LogP contribution in [-0.2, 0) is 17.3 Å². The number of aryl methyl sites for hydroxylation is 1. The molecule has 2 aliphatic heterocycles. The maximum atomic E-state index is 13.4. The van der Waals surface area contributed by atoms with E-state index in [1.54, 1.807) is 13.8 Å². The zero-order valence-electron chi connectivity index (χ0n) is 20.6. The Labute approximate surface area is 207 Å². The van der Waals surface area contributed by atoms with Crippen molar-refractivity contribution in [3.05, 3.63) is 46.8 Å². The molecule has 0 saturated carbocycles. The number of benzene rings is 2. The molecule has 0 unspecified atom stereocenters. The number of aromatic nitrogens is 2. The molecule has 36 heavy (non-hydrogen) atoms. The zero-order valence-corrected chi connectivity index (χ0v) is 20.6. The molecule has 0 amide bonds. The van der Waals surface area contributed by atoms with Gasteiger partial charge in [0.15, 0.2) is 11.5 Å². The van der Waals surface area contributed by atoms with Crippen LogP contribution in [0.15, 0.2) is 24.3 Å². The number of halogens is 3. The van der Waals surface area contributed by atoms with Crippen molar-refractivity contribution >= 4 is 22.4 Å². The van der Waals surface area contributed by atoms with Crippen LogP contribution < -0.4 is 20.5 Å². The maximum absolute atomic E-state index is 13.4. The van der Waals surface area contributed by atoms with Crippen molar-refractivity contribution in [3.63, 3.8) is 0 Å². The van der Waals surface area contributed by atoms with Crippen LogP contribution in [0.25, 0.3) is 10.9 Å². The van der Waals surface area contributed by atoms with Crippen molar-refractivity contribution in [1.82, 2.24) is 9.97 Å². The highest BCUT2D eigenvalue weighted by molar-refractivity contribution is 5.95. The van der Waals surface area contributed by atoms with Gasteiger partial charge in [-0.05, 0) is 57.5 Å². The van der Waals surface area contributed by atoms with E-state index in [2.05, 4.69) is 10.3 Å². The van der Waals surface area contributed by atoms with E-state index in [-0.39, 0.29) is 11.8 Å². The van der Waals surface area contributed by atoms with Gasteiger partial charge in [0.2, 0.25) is 0 Å². The molecule has 0 bridgehead atoms. The fourth-order valence-corrected chi connectivity index (χ4v) is 4.78. The number of nitrogens with one attached hydrogen (secondary N) is 1. The molecule has 1 saturated heterocycles. The van der Waals surface area contributed by atoms with Crippen LogP contribution in [0, 0.1) is 6.92 Å². The highest BCUT2D eigenvalue weighted by Crippen LogP contribution is 2.47. The third-order valence-corrected chi connectivity index (χ3v) is 6.44. The molecule has 0 radical (unpaired) electrons. The second kappa shape index (κ2) is 8.69. The average molecular weight is 503 g/mol. The van der Waals surface area contributed by atoms with Crippen LogP contribution >= 0.6 is 0 Å². The molecule has 3 N–H and O–H groups in total. The van der Waals surface area contributed by atoms with Crippen molar-refractivity contribution in [1.29, 1.82) is 0 Å². The second-order valence-electron chi connectivity index (χ2n) is 10.1. The highest BCUT2D eigenvalue weighted by atomic mass is 19.4. The third kappa shape index (κ3) is 4.74. The van der Waals surface area contributed by atoms with E-state index in [0.29, 0.717) is 53.7 Å². The number of anilines is 2. The minimum Gasteiger partial charge on any atom is -0.484 e. The van der Waals surface area contributed by atoms with Crippen LogP contribution in [0.2, 0.25) is 0 Å². The van der Waals surface area contributed by atoms with Gasteiger partial charge >= 0.3 is 6.18 Å². The average Bonchev–Trinajstić information content (AvgIpc) is 3.40. The lowest BCUT2D eigenvalue weighted by Crippen LogP contribution is -2.25. The lowest BCUT2D eigenvalue weighted by atomic mass is 9.98. The van der Waals surface area contributed by atoms with Gasteiger partial charge in [-0.25, -0.2) is 9.97 Å². The Hall–Kier alpha value is -3.27. The fraction of sp³-hybridized carbons (Fsp3) is 0.462. The number of nitrogens with zero attached hydrogens (tertiary/aromatic N) is 2. The summed E-state index contributed by atoms with van der Waals surface area (Å²) < 4.78 is 58.1. The minimum atomic E-state index is -4.49. The summed E-state index contributed by atoms with van der Waals surface area (Å²) in [6, 6.07) is 4.91. The van der Waals surface area contributed by atoms with Crippen molar-refractivity contribution in [2.24, 2.45) is 0 Å². The Morgan fingerprint density at radius 2 is 1.97 bits per heavy atom. The minimum absolute atomic E-state index is 0.0452. The first-order valence-corrected chi connectivity index (χ1v) is 11.9. The van der Waals surface area contributed by atoms with E-state index in [9.17, 15) is 13.2 Å². The summed E-state index contributed by atoms with van der Waals surface area (Å²) in [5.41, 5.74) is 6.67. The van der Waals surface area contributed by atoms with E-state index < -0.39 is 23.4 Å². The lowest BCUT2D eigenvalue weighted by molar-refractivity contribution is -0.137. The topological polar surface area (TPSA) is 91.5 Å². The van der Waals surface area contributed by atoms with Crippen LogP contribution in [0.5, 0.6) is 11.5 Å². The molecule has 1 fully saturated rings. The Kier molecular flexibility index (Phi) is 5.89. The highest BCUT2D eigenvalue weighted by Gasteiger charge is 2.37. The van der Waals surface area contributed by atoms with Crippen molar-refractivity contribution in [2.45, 2.75) is 64.5 Å². The summed E-state index contributed by atoms with van der Waals surface area (Å²) in [4.78, 5) is 9.31. The molecule has 10 heteroatoms. The van der Waals surface area contributed by atoms with Gasteiger partial charge in [-0.2, -0.15) is 13.2 Å². The monoisotopic (exact) mass is 502 g/mol. The van der Waals surface area contributed by atoms with Gasteiger partial charge in [0, 0.05) is 29.5 Å². The van der Waals surface area contributed by atoms with E-state index in [1.165, 1.54) is 6.07 Å². The van der Waals surface area contributed by atoms with E-state index >= 15 is 0 Å². The molecule has 0 aliphatic carbocycles. The first-order chi connectivity index (χ1) is 16.9. The maximum Gasteiger partial charge on any atom is 0.416 e. The predicted octanol–water partition coefficient (Wildman–Crippen LogP) is 5.59. The van der Waals surface area contributed by atoms with E-state index in [1.807, 2.05) is 19.9 Å². The summed E-state index contributed by atoms with van der Waals surface area (Å²) in [5.74, 6) is 2.29. The van der Waals surface area contributed by atoms with Crippen molar-refractivity contribution in [2.75, 3.05) is 24.3 Å². The molecular formula is C26H29F3N4O3. The molecule has 0 spiro atoms. The van der Waals surface area contributed by atoms with Gasteiger partial charge in [0.05, 0.1) is 30.3 Å². The van der Waals surface area contributed by atoms with Crippen molar-refractivity contribution in [3.8, 4) is 11.5 Å². The number of fused-ring (bicyclic) bond motifs is 3. The first-order valence-electron chi connectivity index (χ1n) is 11.9. The number of ether oxygens (including phenoxy) is 3. The van der Waals surface area contributed by atoms with E-state index in [0.717, 1.165) is 29.6 Å². The normalized spacial score (nSPS) is 19.7. The Morgan fingerprint density at radius 1 is 1.19 bits per heavy atom. The molecule has 2 aliphatic rings. The SMILES string of the molecule is Cc1nc(N[C@H](C)c2cc(N)cc(C(F)(F)F)c2)c2cc(O[C@H]3CCOC3)c3c(c2n1)CC(C)(C)O3. The Bertz CT molecular complexity index is 1320. The molecule has 3 aromatic rings. The third-order valence-electron chi connectivity index (χ3n) is 6.44. The number of hydrogen-bond donors (Lipinski definition) is 2. The van der Waals surface area contributed by atoms with Crippen LogP contribution in [-0.4, -0.2) is 34.9 Å². The molecule has 5 rings (SSSR count). The number of rotatable bonds is 5. The fourth-order valence-electron chi connectivity index (χ4n) is 4.78. The summed E-state index contributed by atoms with van der Waals surface area (Å²) in [6.07, 6.45) is -3.17. The second-order valence-corrected chi connectivity index (χ2v) is 10.1. The number of alkyl halides is 3. The lowest BCUT2D eigenvalue weighted by Gasteiger charge is -2.21. The van der Waals surface area contributed by atoms with Gasteiger partial charge < -0.3 is 25.3 Å². The van der Waals surface area contributed by atoms with E-state index in [4.69, 9.17) is 24.9 Å². The van der Waals surface area contributed by atoms with Gasteiger partial charge in [-0.1, -0.05) is 0 Å². The Morgan fingerprint density at radius 3 is 2.67 bits per heavy atom. The molecular weight excluding hydrogens is 473 g/mol. The van der Waals surface area contributed by atoms with Crippen LogP contribution in [0.1, 0.15) is 55.7 Å². The number of nitrogen functional groups attached to an aromatic ring is 1. The van der Waals surface area contributed by atoms with Gasteiger partial charge in [0.25, 0.3) is 0 Å². The van der Waals surface area contributed by atoms with Gasteiger partial charge in [0.1, 0.15) is 23.3 Å². The molecule has 7 nitrogen and oxygen atoms in total. The molecule has 192 valence electrons. The largest absolute Gasteiger partial charge is 0.484 e. The number of hydrogen-bond acceptors (Lipinski definition) is 7. The van der Waals surface area contributed by atoms with Gasteiger partial charge in [-0.15, -0.1) is 0 Å². The smallest absolute Gasteiger partial charge is 0.416 e. The zero-order chi connectivity index (χ0) is 25.8. The van der Waals surface area contributed by atoms with Crippen LogP contribution in [0.3, 0.4) is 0 Å². The molecule has 1 aromatic heterocycles. The molecule has 3 heterocycles. The van der Waals surface area contributed by atoms with Crippen LogP contribution in [0.4, 0.5) is 24.7 Å². The molecule has 2 aromatic carbocycles. The Balaban J connectivity index is 1.58. The summed E-state index contributed by atoms with van der Waals surface area (Å²) >= 11 is 0. The summed E-state index contributed by atoms with van der Waals surface area (Å²) in [6.45, 7) is 8.71. The predicted molar refractivity (Wildman–Crippen MR) is 130 cm³/mol. The summed E-state index contributed by atoms with van der Waals surface area (Å²) in [7, 11) is 0. The quantitative estimate of drug-likeness (QED) is 0.439. The van der Waals surface area contributed by atoms with Crippen molar-refractivity contribution < 1.29 is 27.4 Å².